The van der Waals surface area contributed by atoms with E-state index in [9.17, 15) is 19.6 Å². The summed E-state index contributed by atoms with van der Waals surface area (Å²) in [6, 6.07) is 27.1. The Morgan fingerprint density at radius 2 is 1.74 bits per heavy atom. The summed E-state index contributed by atoms with van der Waals surface area (Å²) in [5.74, 6) is -0.631. The molecule has 8 nitrogen and oxygen atoms in total. The number of amides is 4. The highest BCUT2D eigenvalue weighted by Gasteiger charge is 2.35. The van der Waals surface area contributed by atoms with Gasteiger partial charge in [0.2, 0.25) is 5.91 Å². The summed E-state index contributed by atoms with van der Waals surface area (Å²) in [5.41, 5.74) is 3.48. The molecule has 2 N–H and O–H groups in total. The molecule has 0 atom stereocenters. The number of fused-ring (bicyclic) bond motifs is 1. The van der Waals surface area contributed by atoms with Crippen LogP contribution in [0.1, 0.15) is 22.3 Å². The fraction of sp³-hybridized carbons (Fsp3) is 0.0968. The number of ether oxygens (including phenoxy) is 1. The van der Waals surface area contributed by atoms with Crippen LogP contribution in [-0.4, -0.2) is 29.3 Å². The van der Waals surface area contributed by atoms with Crippen molar-refractivity contribution in [1.82, 2.24) is 10.2 Å². The van der Waals surface area contributed by atoms with E-state index in [2.05, 4.69) is 16.7 Å². The van der Waals surface area contributed by atoms with Crippen LogP contribution in [0.25, 0.3) is 16.8 Å². The van der Waals surface area contributed by atoms with Gasteiger partial charge in [0.25, 0.3) is 5.91 Å². The van der Waals surface area contributed by atoms with Gasteiger partial charge in [-0.3, -0.25) is 9.59 Å². The molecule has 1 aliphatic heterocycles. The first-order chi connectivity index (χ1) is 18.9. The molecule has 0 bridgehead atoms. The maximum Gasteiger partial charge on any atom is 0.329 e. The lowest BCUT2D eigenvalue weighted by molar-refractivity contribution is -0.127. The van der Waals surface area contributed by atoms with Crippen molar-refractivity contribution in [1.29, 1.82) is 5.26 Å². The van der Waals surface area contributed by atoms with Gasteiger partial charge in [0.15, 0.2) is 0 Å². The normalized spacial score (nSPS) is 13.8. The quantitative estimate of drug-likeness (QED) is 0.261. The zero-order valence-electron chi connectivity index (χ0n) is 21.1. The van der Waals surface area contributed by atoms with E-state index >= 15 is 0 Å². The lowest BCUT2D eigenvalue weighted by Gasteiger charge is -2.14. The Labute approximate surface area is 225 Å². The standard InChI is InChI=1S/C31H24N4O4/c1-20-10-13-24(14-11-20)33-29(36)18-35-30(37)27(34-31(35)38)16-26-25-9-5-4-6-21(25)12-15-28(26)39-19-23-8-3-2-7-22(23)17-32/h2-16H,18-19H2,1H3,(H,33,36)(H,34,38)/b27-16+. The van der Waals surface area contributed by atoms with E-state index in [1.165, 1.54) is 0 Å². The molecule has 0 aromatic heterocycles. The number of urea groups is 1. The SMILES string of the molecule is Cc1ccc(NC(=O)CN2C(=O)N/C(=C/c3c(OCc4ccccc4C#N)ccc4ccccc34)C2=O)cc1. The van der Waals surface area contributed by atoms with Crippen molar-refractivity contribution in [3.8, 4) is 11.8 Å². The Balaban J connectivity index is 1.41. The van der Waals surface area contributed by atoms with Crippen LogP contribution in [0.3, 0.4) is 0 Å². The zero-order chi connectivity index (χ0) is 27.4. The number of hydrogen-bond donors (Lipinski definition) is 2. The molecular formula is C31H24N4O4. The number of anilines is 1. The second-order valence-corrected chi connectivity index (χ2v) is 9.05. The van der Waals surface area contributed by atoms with Crippen LogP contribution in [0, 0.1) is 18.3 Å². The largest absolute Gasteiger partial charge is 0.488 e. The summed E-state index contributed by atoms with van der Waals surface area (Å²) in [4.78, 5) is 39.3. The van der Waals surface area contributed by atoms with E-state index in [4.69, 9.17) is 4.74 Å². The van der Waals surface area contributed by atoms with Crippen molar-refractivity contribution in [3.63, 3.8) is 0 Å². The minimum Gasteiger partial charge on any atom is -0.488 e. The first-order valence-electron chi connectivity index (χ1n) is 12.3. The Kier molecular flexibility index (Phi) is 7.06. The van der Waals surface area contributed by atoms with Crippen molar-refractivity contribution in [3.05, 3.63) is 113 Å². The molecule has 1 aliphatic rings. The molecule has 4 aromatic carbocycles. The molecule has 0 unspecified atom stereocenters. The van der Waals surface area contributed by atoms with Crippen LogP contribution >= 0.6 is 0 Å². The van der Waals surface area contributed by atoms with Crippen LogP contribution in [-0.2, 0) is 16.2 Å². The van der Waals surface area contributed by atoms with Crippen molar-refractivity contribution in [2.24, 2.45) is 0 Å². The zero-order valence-corrected chi connectivity index (χ0v) is 21.1. The van der Waals surface area contributed by atoms with Crippen LogP contribution in [0.2, 0.25) is 0 Å². The summed E-state index contributed by atoms with van der Waals surface area (Å²) >= 11 is 0. The predicted octanol–water partition coefficient (Wildman–Crippen LogP) is 5.13. The molecule has 39 heavy (non-hydrogen) atoms. The Morgan fingerprint density at radius 1 is 1.00 bits per heavy atom. The average molecular weight is 517 g/mol. The number of rotatable bonds is 7. The number of nitrogens with one attached hydrogen (secondary N) is 2. The molecule has 1 saturated heterocycles. The number of nitrogens with zero attached hydrogens (tertiary/aromatic N) is 2. The molecule has 0 saturated carbocycles. The predicted molar refractivity (Wildman–Crippen MR) is 147 cm³/mol. The Bertz CT molecular complexity index is 1670. The maximum absolute atomic E-state index is 13.2. The molecule has 0 radical (unpaired) electrons. The number of carbonyl (C=O) groups excluding carboxylic acids is 3. The summed E-state index contributed by atoms with van der Waals surface area (Å²) in [6.07, 6.45) is 1.56. The van der Waals surface area contributed by atoms with E-state index in [0.717, 1.165) is 26.8 Å². The minimum atomic E-state index is -0.684. The highest BCUT2D eigenvalue weighted by atomic mass is 16.5. The van der Waals surface area contributed by atoms with E-state index in [1.54, 1.807) is 36.4 Å². The van der Waals surface area contributed by atoms with Gasteiger partial charge in [0.1, 0.15) is 24.6 Å². The van der Waals surface area contributed by atoms with Crippen molar-refractivity contribution in [2.75, 3.05) is 11.9 Å². The molecule has 0 aliphatic carbocycles. The van der Waals surface area contributed by atoms with Gasteiger partial charge in [0, 0.05) is 16.8 Å². The Morgan fingerprint density at radius 3 is 2.54 bits per heavy atom. The first kappa shape index (κ1) is 25.2. The topological polar surface area (TPSA) is 112 Å². The molecule has 0 spiro atoms. The fourth-order valence-electron chi connectivity index (χ4n) is 4.30. The van der Waals surface area contributed by atoms with Gasteiger partial charge in [-0.05, 0) is 48.0 Å². The summed E-state index contributed by atoms with van der Waals surface area (Å²) in [7, 11) is 0. The van der Waals surface area contributed by atoms with E-state index in [0.29, 0.717) is 22.6 Å². The molecule has 4 aromatic rings. The summed E-state index contributed by atoms with van der Waals surface area (Å²) in [5, 5.41) is 16.4. The third kappa shape index (κ3) is 5.48. The Hall–Kier alpha value is -5.42. The monoisotopic (exact) mass is 516 g/mol. The fourth-order valence-corrected chi connectivity index (χ4v) is 4.30. The second kappa shape index (κ2) is 10.9. The van der Waals surface area contributed by atoms with Gasteiger partial charge in [-0.25, -0.2) is 9.69 Å². The summed E-state index contributed by atoms with van der Waals surface area (Å²) in [6.45, 7) is 1.65. The number of carbonyl (C=O) groups is 3. The van der Waals surface area contributed by atoms with Crippen molar-refractivity contribution in [2.45, 2.75) is 13.5 Å². The van der Waals surface area contributed by atoms with Gasteiger partial charge >= 0.3 is 6.03 Å². The molecule has 192 valence electrons. The van der Waals surface area contributed by atoms with Gasteiger partial charge in [-0.15, -0.1) is 0 Å². The van der Waals surface area contributed by atoms with Crippen LogP contribution in [0.15, 0.2) is 90.6 Å². The molecular weight excluding hydrogens is 492 g/mol. The first-order valence-corrected chi connectivity index (χ1v) is 12.3. The highest BCUT2D eigenvalue weighted by molar-refractivity contribution is 6.16. The van der Waals surface area contributed by atoms with Crippen LogP contribution < -0.4 is 15.4 Å². The van der Waals surface area contributed by atoms with Gasteiger partial charge in [-0.1, -0.05) is 66.2 Å². The van der Waals surface area contributed by atoms with Crippen LogP contribution in [0.5, 0.6) is 5.75 Å². The third-order valence-electron chi connectivity index (χ3n) is 6.34. The van der Waals surface area contributed by atoms with E-state index in [1.807, 2.05) is 61.5 Å². The van der Waals surface area contributed by atoms with E-state index in [-0.39, 0.29) is 12.3 Å². The third-order valence-corrected chi connectivity index (χ3v) is 6.34. The van der Waals surface area contributed by atoms with Crippen molar-refractivity contribution >= 4 is 40.4 Å². The summed E-state index contributed by atoms with van der Waals surface area (Å²) < 4.78 is 6.11. The number of nitriles is 1. The maximum atomic E-state index is 13.2. The van der Waals surface area contributed by atoms with Gasteiger partial charge < -0.3 is 15.4 Å². The molecule has 1 fully saturated rings. The number of benzene rings is 4. The number of aryl methyl sites for hydroxylation is 1. The van der Waals surface area contributed by atoms with Crippen molar-refractivity contribution < 1.29 is 19.1 Å². The molecule has 1 heterocycles. The second-order valence-electron chi connectivity index (χ2n) is 9.05. The van der Waals surface area contributed by atoms with Gasteiger partial charge in [0.05, 0.1) is 11.6 Å². The van der Waals surface area contributed by atoms with E-state index < -0.39 is 24.4 Å². The molecule has 8 heteroatoms. The average Bonchev–Trinajstić information content (AvgIpc) is 3.21. The lowest BCUT2D eigenvalue weighted by atomic mass is 10.0. The number of imide groups is 1. The smallest absolute Gasteiger partial charge is 0.329 e. The molecule has 4 amide bonds. The van der Waals surface area contributed by atoms with Crippen LogP contribution in [0.4, 0.5) is 10.5 Å². The minimum absolute atomic E-state index is 0.0294. The number of hydrogen-bond acceptors (Lipinski definition) is 5. The van der Waals surface area contributed by atoms with Gasteiger partial charge in [-0.2, -0.15) is 5.26 Å². The molecule has 5 rings (SSSR count). The lowest BCUT2D eigenvalue weighted by Crippen LogP contribution is -2.38. The highest BCUT2D eigenvalue weighted by Crippen LogP contribution is 2.32.